The second-order valence-corrected chi connectivity index (χ2v) is 7.79. The number of aryl methyl sites for hydroxylation is 2. The maximum atomic E-state index is 13.0. The topological polar surface area (TPSA) is 59.2 Å². The molecule has 2 aromatic rings. The highest BCUT2D eigenvalue weighted by Crippen LogP contribution is 2.29. The number of alkyl halides is 2. The van der Waals surface area contributed by atoms with Crippen molar-refractivity contribution in [3.8, 4) is 0 Å². The number of carbonyl (C=O) groups excluding carboxylic acids is 1. The predicted molar refractivity (Wildman–Crippen MR) is 104 cm³/mol. The van der Waals surface area contributed by atoms with E-state index in [1.54, 1.807) is 11.8 Å². The molecule has 0 aliphatic carbocycles. The van der Waals surface area contributed by atoms with Crippen LogP contribution < -0.4 is 0 Å². The molecular formula is C18H25BrF2N6O. The zero-order valence-electron chi connectivity index (χ0n) is 16.3. The lowest BCUT2D eigenvalue weighted by Crippen LogP contribution is -2.49. The third-order valence-electron chi connectivity index (χ3n) is 5.14. The van der Waals surface area contributed by atoms with E-state index < -0.39 is 6.43 Å². The smallest absolute Gasteiger partial charge is 0.283 e. The second kappa shape index (κ2) is 8.69. The molecule has 28 heavy (non-hydrogen) atoms. The van der Waals surface area contributed by atoms with Gasteiger partial charge in [0.15, 0.2) is 0 Å². The summed E-state index contributed by atoms with van der Waals surface area (Å²) in [4.78, 5) is 16.7. The molecule has 0 N–H and O–H groups in total. The van der Waals surface area contributed by atoms with Crippen molar-refractivity contribution in [3.63, 3.8) is 0 Å². The minimum Gasteiger partial charge on any atom is -0.339 e. The number of amides is 1. The molecule has 0 saturated carbocycles. The fraction of sp³-hybridized carbons (Fsp3) is 0.611. The number of rotatable bonds is 6. The molecule has 2 aromatic heterocycles. The van der Waals surface area contributed by atoms with Crippen molar-refractivity contribution in [2.24, 2.45) is 0 Å². The van der Waals surface area contributed by atoms with Gasteiger partial charge in [-0.25, -0.2) is 8.78 Å². The Balaban J connectivity index is 1.55. The van der Waals surface area contributed by atoms with Crippen molar-refractivity contribution in [1.82, 2.24) is 29.4 Å². The summed E-state index contributed by atoms with van der Waals surface area (Å²) in [6.45, 7) is 10.2. The lowest BCUT2D eigenvalue weighted by molar-refractivity contribution is -0.133. The molecule has 1 aliphatic rings. The minimum atomic E-state index is -2.67. The molecule has 0 spiro atoms. The van der Waals surface area contributed by atoms with Crippen molar-refractivity contribution in [1.29, 1.82) is 0 Å². The van der Waals surface area contributed by atoms with Crippen LogP contribution in [-0.2, 0) is 24.4 Å². The highest BCUT2D eigenvalue weighted by molar-refractivity contribution is 9.10. The van der Waals surface area contributed by atoms with E-state index in [9.17, 15) is 13.6 Å². The first-order valence-corrected chi connectivity index (χ1v) is 10.1. The molecule has 1 saturated heterocycles. The summed E-state index contributed by atoms with van der Waals surface area (Å²) in [5.74, 6) is -0.103. The average Bonchev–Trinajstić information content (AvgIpc) is 3.16. The van der Waals surface area contributed by atoms with E-state index in [-0.39, 0.29) is 22.6 Å². The number of piperazine rings is 1. The van der Waals surface area contributed by atoms with Gasteiger partial charge in [-0.3, -0.25) is 19.1 Å². The van der Waals surface area contributed by atoms with Crippen LogP contribution in [0.25, 0.3) is 0 Å². The first kappa shape index (κ1) is 20.9. The zero-order chi connectivity index (χ0) is 20.4. The van der Waals surface area contributed by atoms with Crippen LogP contribution in [0.5, 0.6) is 0 Å². The Hall–Kier alpha value is -1.81. The van der Waals surface area contributed by atoms with Gasteiger partial charge in [0.25, 0.3) is 6.43 Å². The maximum Gasteiger partial charge on any atom is 0.283 e. The normalized spacial score (nSPS) is 15.6. The van der Waals surface area contributed by atoms with Crippen LogP contribution in [0.2, 0.25) is 0 Å². The van der Waals surface area contributed by atoms with Crippen LogP contribution in [0.1, 0.15) is 36.0 Å². The maximum absolute atomic E-state index is 13.0. The summed E-state index contributed by atoms with van der Waals surface area (Å²) in [5, 5.41) is 8.36. The lowest BCUT2D eigenvalue weighted by Gasteiger charge is -2.34. The Bertz CT molecular complexity index is 841. The Kier molecular flexibility index (Phi) is 6.49. The Morgan fingerprint density at radius 3 is 2.43 bits per heavy atom. The summed E-state index contributed by atoms with van der Waals surface area (Å²) in [7, 11) is 0. The van der Waals surface area contributed by atoms with Gasteiger partial charge >= 0.3 is 0 Å². The molecule has 0 unspecified atom stereocenters. The van der Waals surface area contributed by atoms with Crippen molar-refractivity contribution >= 4 is 21.8 Å². The molecule has 10 heteroatoms. The average molecular weight is 459 g/mol. The van der Waals surface area contributed by atoms with Gasteiger partial charge in [-0.15, -0.1) is 0 Å². The summed E-state index contributed by atoms with van der Waals surface area (Å²) in [6, 6.07) is 0. The highest BCUT2D eigenvalue weighted by Gasteiger charge is 2.25. The van der Waals surface area contributed by atoms with Gasteiger partial charge in [0, 0.05) is 51.0 Å². The first-order valence-electron chi connectivity index (χ1n) is 9.34. The molecule has 1 amide bonds. The van der Waals surface area contributed by atoms with Crippen molar-refractivity contribution in [2.45, 2.75) is 46.8 Å². The van der Waals surface area contributed by atoms with Crippen molar-refractivity contribution in [2.75, 3.05) is 26.2 Å². The molecule has 154 valence electrons. The Morgan fingerprint density at radius 1 is 1.21 bits per heavy atom. The van der Waals surface area contributed by atoms with E-state index in [1.165, 1.54) is 10.2 Å². The van der Waals surface area contributed by atoms with Gasteiger partial charge < -0.3 is 4.90 Å². The van der Waals surface area contributed by atoms with Gasteiger partial charge in [-0.05, 0) is 36.7 Å². The van der Waals surface area contributed by atoms with Crippen LogP contribution >= 0.6 is 15.9 Å². The number of hydrogen-bond donors (Lipinski definition) is 0. The summed E-state index contributed by atoms with van der Waals surface area (Å²) in [5.41, 5.74) is 2.46. The van der Waals surface area contributed by atoms with Crippen LogP contribution in [-0.4, -0.2) is 61.4 Å². The van der Waals surface area contributed by atoms with E-state index in [1.807, 2.05) is 11.6 Å². The fourth-order valence-corrected chi connectivity index (χ4v) is 3.80. The molecule has 0 bridgehead atoms. The second-order valence-electron chi connectivity index (χ2n) is 7.00. The molecular weight excluding hydrogens is 434 g/mol. The molecule has 3 rings (SSSR count). The SMILES string of the molecule is CCn1cc(CN2CCN(C(=O)Cn3nc(C(F)F)c(Br)c3C)CC2)c(C)n1. The van der Waals surface area contributed by atoms with E-state index >= 15 is 0 Å². The highest BCUT2D eigenvalue weighted by atomic mass is 79.9. The van der Waals surface area contributed by atoms with E-state index in [4.69, 9.17) is 0 Å². The quantitative estimate of drug-likeness (QED) is 0.667. The standard InChI is InChI=1S/C18H25BrF2N6O/c1-4-26-10-14(12(2)22-26)9-24-5-7-25(8-6-24)15(28)11-27-13(3)16(19)17(23-27)18(20)21/h10,18H,4-9,11H2,1-3H3. The number of halogens is 3. The monoisotopic (exact) mass is 458 g/mol. The van der Waals surface area contributed by atoms with Gasteiger partial charge in [0.05, 0.1) is 15.9 Å². The number of carbonyl (C=O) groups is 1. The zero-order valence-corrected chi connectivity index (χ0v) is 17.9. The van der Waals surface area contributed by atoms with Gasteiger partial charge in [-0.1, -0.05) is 0 Å². The molecule has 0 atom stereocenters. The summed E-state index contributed by atoms with van der Waals surface area (Å²) in [6.07, 6.45) is -0.597. The Labute approximate surface area is 171 Å². The number of aromatic nitrogens is 4. The molecule has 7 nitrogen and oxygen atoms in total. The van der Waals surface area contributed by atoms with Crippen LogP contribution in [0.15, 0.2) is 10.7 Å². The fourth-order valence-electron chi connectivity index (χ4n) is 3.34. The first-order chi connectivity index (χ1) is 13.3. The van der Waals surface area contributed by atoms with E-state index in [0.29, 0.717) is 18.8 Å². The predicted octanol–water partition coefficient (Wildman–Crippen LogP) is 2.76. The molecule has 1 fully saturated rings. The van der Waals surface area contributed by atoms with Crippen molar-refractivity contribution in [3.05, 3.63) is 33.3 Å². The third-order valence-corrected chi connectivity index (χ3v) is 6.12. The van der Waals surface area contributed by atoms with E-state index in [2.05, 4.69) is 44.1 Å². The molecule has 0 aromatic carbocycles. The van der Waals surface area contributed by atoms with Crippen molar-refractivity contribution < 1.29 is 13.6 Å². The van der Waals surface area contributed by atoms with E-state index in [0.717, 1.165) is 31.9 Å². The third kappa shape index (κ3) is 4.43. The Morgan fingerprint density at radius 2 is 1.89 bits per heavy atom. The summed E-state index contributed by atoms with van der Waals surface area (Å²) >= 11 is 3.14. The van der Waals surface area contributed by atoms with Crippen LogP contribution in [0, 0.1) is 13.8 Å². The molecule has 3 heterocycles. The van der Waals surface area contributed by atoms with Crippen LogP contribution in [0.4, 0.5) is 8.78 Å². The van der Waals surface area contributed by atoms with Gasteiger partial charge in [-0.2, -0.15) is 10.2 Å². The number of hydrogen-bond acceptors (Lipinski definition) is 4. The largest absolute Gasteiger partial charge is 0.339 e. The number of nitrogens with zero attached hydrogens (tertiary/aromatic N) is 6. The summed E-state index contributed by atoms with van der Waals surface area (Å²) < 4.78 is 29.5. The van der Waals surface area contributed by atoms with Gasteiger partial charge in [0.2, 0.25) is 5.91 Å². The molecule has 1 aliphatic heterocycles. The van der Waals surface area contributed by atoms with Gasteiger partial charge in [0.1, 0.15) is 12.2 Å². The molecule has 0 radical (unpaired) electrons. The minimum absolute atomic E-state index is 0.0282. The lowest BCUT2D eigenvalue weighted by atomic mass is 10.2. The van der Waals surface area contributed by atoms with Crippen LogP contribution in [0.3, 0.4) is 0 Å².